The average molecular weight is 885 g/mol. The Bertz CT molecular complexity index is 19.7. The Kier molecular flexibility index (Phi) is 385. The molecule has 0 unspecified atom stereocenters. The summed E-state index contributed by atoms with van der Waals surface area (Å²) in [4.78, 5) is 0. The van der Waals surface area contributed by atoms with Crippen molar-refractivity contribution in [2.75, 3.05) is 0 Å². The minimum absolute atomic E-state index is 0. The molecule has 0 atom stereocenters. The van der Waals surface area contributed by atoms with Gasteiger partial charge >= 0.3 is 0 Å². The van der Waals surface area contributed by atoms with E-state index in [0.29, 0.717) is 0 Å². The summed E-state index contributed by atoms with van der Waals surface area (Å²) in [5, 5.41) is 0. The van der Waals surface area contributed by atoms with Crippen LogP contribution in [0.25, 0.3) is 0 Å². The van der Waals surface area contributed by atoms with Crippen molar-refractivity contribution in [1.29, 1.82) is 0 Å². The Hall–Kier alpha value is 4.79. The van der Waals surface area contributed by atoms with Crippen LogP contribution in [0.3, 0.4) is 0 Å². The van der Waals surface area contributed by atoms with Crippen molar-refractivity contribution >= 4 is 0 Å². The molecule has 0 aliphatic heterocycles. The molecule has 0 aliphatic rings. The van der Waals surface area contributed by atoms with Crippen molar-refractivity contribution in [2.24, 2.45) is 0 Å². The van der Waals surface area contributed by atoms with Gasteiger partial charge in [0.1, 0.15) is 0 Å². The van der Waals surface area contributed by atoms with Gasteiger partial charge in [-0.2, -0.15) is 0 Å². The van der Waals surface area contributed by atoms with Crippen LogP contribution in [0.1, 0.15) is 0 Å². The molecule has 7 heteroatoms. The second kappa shape index (κ2) is 45.1. The molecule has 2 radical (unpaired) electrons. The normalized spacial score (nSPS) is 0. The first-order valence-electron chi connectivity index (χ1n) is 0. The molecule has 48 valence electrons. The third kappa shape index (κ3) is 36.3. The van der Waals surface area contributed by atoms with Crippen LogP contribution in [0.4, 0.5) is 0 Å². The Labute approximate surface area is 144 Å². The van der Waals surface area contributed by atoms with Crippen LogP contribution in [-0.2, 0) is 148 Å². The van der Waals surface area contributed by atoms with E-state index in [1.165, 1.54) is 0 Å². The Balaban J connectivity index is 0. The van der Waals surface area contributed by atoms with Crippen molar-refractivity contribution in [2.45, 2.75) is 0 Å². The third-order valence-electron chi connectivity index (χ3n) is 0. The molecular formula is AuCdFeMoNiTaW. The minimum Gasteiger partial charge on any atom is 0 e. The Morgan fingerprint density at radius 3 is 1.00 bits per heavy atom. The molecule has 0 bridgehead atoms. The maximum absolute atomic E-state index is 0. The number of hydrogen-bond donors (Lipinski definition) is 0. The molecule has 0 aromatic carbocycles. The quantitative estimate of drug-likeness (QED) is 0.301. The van der Waals surface area contributed by atoms with Crippen molar-refractivity contribution < 1.29 is 148 Å². The molecule has 0 amide bonds. The van der Waals surface area contributed by atoms with Crippen LogP contribution in [0.5, 0.6) is 0 Å². The van der Waals surface area contributed by atoms with Gasteiger partial charge < -0.3 is 0 Å². The van der Waals surface area contributed by atoms with Gasteiger partial charge in [-0.1, -0.05) is 0 Å². The fraction of sp³-hybridized carbons (Fsp3) is 0. The van der Waals surface area contributed by atoms with E-state index < -0.39 is 0 Å². The zero-order chi connectivity index (χ0) is 0. The predicted octanol–water partition coefficient (Wildman–Crippen LogP) is -0.0175. The molecule has 7 heavy (non-hydrogen) atoms. The van der Waals surface area contributed by atoms with Gasteiger partial charge in [0, 0.05) is 148 Å². The van der Waals surface area contributed by atoms with Crippen LogP contribution in [0, 0.1) is 0 Å². The second-order valence-electron chi connectivity index (χ2n) is 0. The first-order chi connectivity index (χ1) is 0. The van der Waals surface area contributed by atoms with Crippen molar-refractivity contribution in [3.63, 3.8) is 0 Å². The van der Waals surface area contributed by atoms with Crippen LogP contribution >= 0.6 is 0 Å². The molecule has 0 saturated heterocycles. The first kappa shape index (κ1) is 59.8. The summed E-state index contributed by atoms with van der Waals surface area (Å²) in [6, 6.07) is 0. The second-order valence-corrected chi connectivity index (χ2v) is 0. The SMILES string of the molecule is [Au].[Cd].[Fe].[Mo].[Ni].[Ta].[W]. The fourth-order valence-electron chi connectivity index (χ4n) is 0. The summed E-state index contributed by atoms with van der Waals surface area (Å²) >= 11 is 0. The van der Waals surface area contributed by atoms with Gasteiger partial charge in [-0.05, 0) is 0 Å². The van der Waals surface area contributed by atoms with Crippen molar-refractivity contribution in [3.8, 4) is 0 Å². The molecule has 0 saturated carbocycles. The maximum Gasteiger partial charge on any atom is 0 e. The predicted molar refractivity (Wildman–Crippen MR) is 0 cm³/mol. The van der Waals surface area contributed by atoms with E-state index in [4.69, 9.17) is 0 Å². The summed E-state index contributed by atoms with van der Waals surface area (Å²) < 4.78 is 0. The van der Waals surface area contributed by atoms with Gasteiger partial charge in [0.2, 0.25) is 0 Å². The molecule has 0 fully saturated rings. The number of hydrogen-bond acceptors (Lipinski definition) is 0. The molecule has 0 aliphatic carbocycles. The Morgan fingerprint density at radius 1 is 1.00 bits per heavy atom. The van der Waals surface area contributed by atoms with Gasteiger partial charge in [0.15, 0.2) is 0 Å². The van der Waals surface area contributed by atoms with Gasteiger partial charge in [0.25, 0.3) is 0 Å². The molecule has 0 nitrogen and oxygen atoms in total. The molecule has 0 rings (SSSR count). The summed E-state index contributed by atoms with van der Waals surface area (Å²) in [6.45, 7) is 0. The largest absolute Gasteiger partial charge is 0 e. The van der Waals surface area contributed by atoms with Crippen LogP contribution < -0.4 is 0 Å². The summed E-state index contributed by atoms with van der Waals surface area (Å²) in [5.74, 6) is 0. The van der Waals surface area contributed by atoms with Crippen molar-refractivity contribution in [1.82, 2.24) is 0 Å². The van der Waals surface area contributed by atoms with E-state index >= 15 is 0 Å². The van der Waals surface area contributed by atoms with Crippen LogP contribution in [-0.4, -0.2) is 0 Å². The Morgan fingerprint density at radius 2 is 1.00 bits per heavy atom. The summed E-state index contributed by atoms with van der Waals surface area (Å²) in [7, 11) is 0. The van der Waals surface area contributed by atoms with Gasteiger partial charge in [-0.3, -0.25) is 0 Å². The van der Waals surface area contributed by atoms with E-state index in [9.17, 15) is 0 Å². The summed E-state index contributed by atoms with van der Waals surface area (Å²) in [5.41, 5.74) is 0. The zero-order valence-corrected chi connectivity index (χ0v) is 19.4. The smallest absolute Gasteiger partial charge is 0 e. The maximum atomic E-state index is 0. The summed E-state index contributed by atoms with van der Waals surface area (Å²) in [6.07, 6.45) is 0. The van der Waals surface area contributed by atoms with E-state index in [-0.39, 0.29) is 148 Å². The van der Waals surface area contributed by atoms with Crippen molar-refractivity contribution in [3.05, 3.63) is 0 Å². The minimum atomic E-state index is 0. The van der Waals surface area contributed by atoms with Gasteiger partial charge in [0.05, 0.1) is 0 Å². The molecule has 0 heterocycles. The molecule has 0 N–H and O–H groups in total. The first-order valence-corrected chi connectivity index (χ1v) is 0. The molecule has 0 aromatic rings. The molecule has 0 aromatic heterocycles. The van der Waals surface area contributed by atoms with Gasteiger partial charge in [-0.25, -0.2) is 0 Å². The standard InChI is InChI=1S/Au.Cd.Fe.Mo.Ni.Ta.W. The monoisotopic (exact) mass is 888 g/mol. The average Bonchev–Trinajstić information content (AvgIpc) is 0. The zero-order valence-electron chi connectivity index (χ0n) is 2.94. The number of rotatable bonds is 0. The fourth-order valence-corrected chi connectivity index (χ4v) is 0. The topological polar surface area (TPSA) is 0 Å². The van der Waals surface area contributed by atoms with E-state index in [2.05, 4.69) is 0 Å². The van der Waals surface area contributed by atoms with E-state index in [1.807, 2.05) is 0 Å². The molecular weight excluding hydrogens is 885 g/mol. The third-order valence-corrected chi connectivity index (χ3v) is 0. The molecule has 0 spiro atoms. The van der Waals surface area contributed by atoms with E-state index in [1.54, 1.807) is 0 Å². The van der Waals surface area contributed by atoms with Crippen LogP contribution in [0.2, 0.25) is 0 Å². The van der Waals surface area contributed by atoms with Crippen LogP contribution in [0.15, 0.2) is 0 Å². The van der Waals surface area contributed by atoms with Gasteiger partial charge in [-0.15, -0.1) is 0 Å². The van der Waals surface area contributed by atoms with E-state index in [0.717, 1.165) is 0 Å².